The van der Waals surface area contributed by atoms with Crippen LogP contribution in [0.1, 0.15) is 50.8 Å². The van der Waals surface area contributed by atoms with E-state index in [1.54, 1.807) is 0 Å². The standard InChI is InChI=1S/C12H21N3/c1-3-9(2)12-7-14-8-15(12)11(6-13)10-4-5-10/h7-11H,3-6,13H2,1-2H3. The number of nitrogens with zero attached hydrogens (tertiary/aromatic N) is 2. The van der Waals surface area contributed by atoms with Crippen LogP contribution in [0.4, 0.5) is 0 Å². The minimum absolute atomic E-state index is 0.483. The van der Waals surface area contributed by atoms with Crippen LogP contribution in [0.2, 0.25) is 0 Å². The molecule has 1 saturated carbocycles. The molecule has 0 spiro atoms. The lowest BCUT2D eigenvalue weighted by molar-refractivity contribution is 0.431. The van der Waals surface area contributed by atoms with Crippen LogP contribution in [-0.2, 0) is 0 Å². The second-order valence-electron chi connectivity index (χ2n) is 4.68. The molecule has 0 amide bonds. The summed E-state index contributed by atoms with van der Waals surface area (Å²) < 4.78 is 2.31. The second kappa shape index (κ2) is 4.35. The van der Waals surface area contributed by atoms with Gasteiger partial charge in [0.2, 0.25) is 0 Å². The highest BCUT2D eigenvalue weighted by Crippen LogP contribution is 2.40. The van der Waals surface area contributed by atoms with E-state index in [-0.39, 0.29) is 0 Å². The van der Waals surface area contributed by atoms with Crippen molar-refractivity contribution >= 4 is 0 Å². The average molecular weight is 207 g/mol. The summed E-state index contributed by atoms with van der Waals surface area (Å²) in [6.45, 7) is 5.22. The minimum atomic E-state index is 0.483. The van der Waals surface area contributed by atoms with Gasteiger partial charge in [-0.05, 0) is 31.1 Å². The highest BCUT2D eigenvalue weighted by atomic mass is 15.1. The number of rotatable bonds is 5. The lowest BCUT2D eigenvalue weighted by Crippen LogP contribution is -2.22. The van der Waals surface area contributed by atoms with Gasteiger partial charge in [-0.25, -0.2) is 4.98 Å². The lowest BCUT2D eigenvalue weighted by Gasteiger charge is -2.21. The van der Waals surface area contributed by atoms with E-state index in [0.717, 1.165) is 18.9 Å². The highest BCUT2D eigenvalue weighted by Gasteiger charge is 2.32. The van der Waals surface area contributed by atoms with Gasteiger partial charge in [0, 0.05) is 24.5 Å². The van der Waals surface area contributed by atoms with E-state index in [0.29, 0.717) is 12.0 Å². The summed E-state index contributed by atoms with van der Waals surface area (Å²) in [5, 5.41) is 0. The van der Waals surface area contributed by atoms with Crippen molar-refractivity contribution in [2.75, 3.05) is 6.54 Å². The summed E-state index contributed by atoms with van der Waals surface area (Å²) in [6, 6.07) is 0.483. The maximum Gasteiger partial charge on any atom is 0.0951 e. The Morgan fingerprint density at radius 1 is 1.60 bits per heavy atom. The van der Waals surface area contributed by atoms with Crippen molar-refractivity contribution in [2.45, 2.75) is 45.1 Å². The monoisotopic (exact) mass is 207 g/mol. The molecule has 2 N–H and O–H groups in total. The zero-order chi connectivity index (χ0) is 10.8. The molecule has 2 rings (SSSR count). The predicted molar refractivity (Wildman–Crippen MR) is 61.7 cm³/mol. The van der Waals surface area contributed by atoms with E-state index in [9.17, 15) is 0 Å². The largest absolute Gasteiger partial charge is 0.330 e. The zero-order valence-corrected chi connectivity index (χ0v) is 9.69. The molecule has 0 saturated heterocycles. The van der Waals surface area contributed by atoms with Crippen molar-refractivity contribution in [1.29, 1.82) is 0 Å². The predicted octanol–water partition coefficient (Wildman–Crippen LogP) is 2.31. The van der Waals surface area contributed by atoms with Gasteiger partial charge >= 0.3 is 0 Å². The second-order valence-corrected chi connectivity index (χ2v) is 4.68. The number of hydrogen-bond acceptors (Lipinski definition) is 2. The summed E-state index contributed by atoms with van der Waals surface area (Å²) in [4.78, 5) is 4.28. The quantitative estimate of drug-likeness (QED) is 0.805. The molecule has 1 aromatic heterocycles. The Bertz CT molecular complexity index is 314. The van der Waals surface area contributed by atoms with Crippen LogP contribution in [0.25, 0.3) is 0 Å². The Kier molecular flexibility index (Phi) is 3.10. The van der Waals surface area contributed by atoms with Crippen molar-refractivity contribution in [3.8, 4) is 0 Å². The molecule has 15 heavy (non-hydrogen) atoms. The Morgan fingerprint density at radius 2 is 2.33 bits per heavy atom. The summed E-state index contributed by atoms with van der Waals surface area (Å²) in [6.07, 6.45) is 7.78. The van der Waals surface area contributed by atoms with Crippen molar-refractivity contribution in [3.05, 3.63) is 18.2 Å². The number of aromatic nitrogens is 2. The maximum atomic E-state index is 5.87. The van der Waals surface area contributed by atoms with E-state index in [4.69, 9.17) is 5.73 Å². The molecule has 3 heteroatoms. The van der Waals surface area contributed by atoms with Gasteiger partial charge in [-0.15, -0.1) is 0 Å². The van der Waals surface area contributed by atoms with Crippen LogP contribution < -0.4 is 5.73 Å². The SMILES string of the molecule is CCC(C)c1cncn1C(CN)C1CC1. The molecule has 84 valence electrons. The number of nitrogens with two attached hydrogens (primary N) is 1. The van der Waals surface area contributed by atoms with E-state index >= 15 is 0 Å². The van der Waals surface area contributed by atoms with Crippen LogP contribution in [0.5, 0.6) is 0 Å². The smallest absolute Gasteiger partial charge is 0.0951 e. The molecule has 0 bridgehead atoms. The Morgan fingerprint density at radius 3 is 2.87 bits per heavy atom. The molecule has 2 atom stereocenters. The van der Waals surface area contributed by atoms with E-state index in [2.05, 4.69) is 23.4 Å². The first kappa shape index (κ1) is 10.7. The summed E-state index contributed by atoms with van der Waals surface area (Å²) in [7, 11) is 0. The minimum Gasteiger partial charge on any atom is -0.330 e. The molecule has 1 fully saturated rings. The van der Waals surface area contributed by atoms with Gasteiger partial charge in [0.25, 0.3) is 0 Å². The molecule has 3 nitrogen and oxygen atoms in total. The van der Waals surface area contributed by atoms with Crippen molar-refractivity contribution < 1.29 is 0 Å². The van der Waals surface area contributed by atoms with Crippen molar-refractivity contribution in [1.82, 2.24) is 9.55 Å². The Labute approximate surface area is 91.7 Å². The Hall–Kier alpha value is -0.830. The van der Waals surface area contributed by atoms with Gasteiger partial charge in [-0.1, -0.05) is 13.8 Å². The lowest BCUT2D eigenvalue weighted by atomic mass is 10.0. The molecule has 0 aromatic carbocycles. The third-order valence-electron chi connectivity index (χ3n) is 3.58. The first-order valence-corrected chi connectivity index (χ1v) is 5.99. The van der Waals surface area contributed by atoms with Crippen molar-refractivity contribution in [3.63, 3.8) is 0 Å². The first-order chi connectivity index (χ1) is 7.27. The summed E-state index contributed by atoms with van der Waals surface area (Å²) >= 11 is 0. The molecule has 1 aliphatic rings. The summed E-state index contributed by atoms with van der Waals surface area (Å²) in [5.41, 5.74) is 7.21. The molecule has 0 radical (unpaired) electrons. The number of imidazole rings is 1. The van der Waals surface area contributed by atoms with Gasteiger partial charge in [0.05, 0.1) is 6.33 Å². The van der Waals surface area contributed by atoms with E-state index < -0.39 is 0 Å². The normalized spacial score (nSPS) is 20.2. The van der Waals surface area contributed by atoms with Gasteiger partial charge in [0.15, 0.2) is 0 Å². The average Bonchev–Trinajstić information content (AvgIpc) is 2.96. The van der Waals surface area contributed by atoms with Crippen molar-refractivity contribution in [2.24, 2.45) is 11.7 Å². The van der Waals surface area contributed by atoms with E-state index in [1.807, 2.05) is 12.5 Å². The first-order valence-electron chi connectivity index (χ1n) is 5.99. The Balaban J connectivity index is 2.21. The third kappa shape index (κ3) is 2.07. The number of hydrogen-bond donors (Lipinski definition) is 1. The maximum absolute atomic E-state index is 5.87. The van der Waals surface area contributed by atoms with Gasteiger partial charge in [-0.3, -0.25) is 0 Å². The fourth-order valence-electron chi connectivity index (χ4n) is 2.20. The van der Waals surface area contributed by atoms with Crippen LogP contribution in [0.15, 0.2) is 12.5 Å². The summed E-state index contributed by atoms with van der Waals surface area (Å²) in [5.74, 6) is 1.38. The zero-order valence-electron chi connectivity index (χ0n) is 9.69. The van der Waals surface area contributed by atoms with Crippen LogP contribution in [-0.4, -0.2) is 16.1 Å². The molecule has 1 aromatic rings. The van der Waals surface area contributed by atoms with Gasteiger partial charge in [0.1, 0.15) is 0 Å². The third-order valence-corrected chi connectivity index (χ3v) is 3.58. The van der Waals surface area contributed by atoms with Crippen LogP contribution in [0.3, 0.4) is 0 Å². The molecule has 1 aliphatic carbocycles. The molecule has 2 unspecified atom stereocenters. The van der Waals surface area contributed by atoms with Crippen LogP contribution in [0, 0.1) is 5.92 Å². The molecular formula is C12H21N3. The fourth-order valence-corrected chi connectivity index (χ4v) is 2.20. The fraction of sp³-hybridized carbons (Fsp3) is 0.750. The molecule has 1 heterocycles. The van der Waals surface area contributed by atoms with E-state index in [1.165, 1.54) is 18.5 Å². The van der Waals surface area contributed by atoms with Gasteiger partial charge < -0.3 is 10.3 Å². The highest BCUT2D eigenvalue weighted by molar-refractivity contribution is 5.08. The van der Waals surface area contributed by atoms with Gasteiger partial charge in [-0.2, -0.15) is 0 Å². The molecular weight excluding hydrogens is 186 g/mol. The molecule has 0 aliphatic heterocycles. The topological polar surface area (TPSA) is 43.8 Å². The van der Waals surface area contributed by atoms with Crippen LogP contribution >= 0.6 is 0 Å².